The Hall–Kier alpha value is -3.10. The van der Waals surface area contributed by atoms with Crippen molar-refractivity contribution in [3.8, 4) is 5.75 Å². The van der Waals surface area contributed by atoms with Gasteiger partial charge in [-0.2, -0.15) is 13.2 Å². The van der Waals surface area contributed by atoms with Gasteiger partial charge in [0.05, 0.1) is 19.1 Å². The molecule has 0 saturated heterocycles. The Kier molecular flexibility index (Phi) is 6.20. The number of rotatable bonds is 5. The number of ether oxygens (including phenoxy) is 1. The van der Waals surface area contributed by atoms with Gasteiger partial charge in [-0.1, -0.05) is 20.8 Å². The van der Waals surface area contributed by atoms with E-state index in [1.165, 1.54) is 25.4 Å². The molecule has 0 unspecified atom stereocenters. The molecule has 29 heavy (non-hydrogen) atoms. The number of nitrogens with zero attached hydrogens (tertiary/aromatic N) is 1. The number of hydrogen-bond acceptors (Lipinski definition) is 4. The molecule has 0 atom stereocenters. The molecule has 0 aliphatic rings. The van der Waals surface area contributed by atoms with Gasteiger partial charge < -0.3 is 15.8 Å². The Morgan fingerprint density at radius 2 is 1.83 bits per heavy atom. The van der Waals surface area contributed by atoms with Crippen LogP contribution >= 0.6 is 0 Å². The van der Waals surface area contributed by atoms with Crippen LogP contribution in [0.2, 0.25) is 0 Å². The highest BCUT2D eigenvalue weighted by Crippen LogP contribution is 2.34. The summed E-state index contributed by atoms with van der Waals surface area (Å²) in [4.78, 5) is 28.3. The molecule has 0 aliphatic heterocycles. The standard InChI is InChI=1S/C20H22F3N3O3/c1-19(2,3)16-13(7-8-25-17(16)18(24)28)26-15(27)10-11-9-12(20(21,22)23)5-6-14(11)29-4/h5-9H,10H2,1-4H3,(H2,24,28)(H,25,26,27). The van der Waals surface area contributed by atoms with Crippen LogP contribution in [0.5, 0.6) is 5.75 Å². The lowest BCUT2D eigenvalue weighted by atomic mass is 9.84. The minimum absolute atomic E-state index is 0.0203. The fraction of sp³-hybridized carbons (Fsp3) is 0.350. The molecule has 1 aromatic heterocycles. The molecular formula is C20H22F3N3O3. The van der Waals surface area contributed by atoms with Gasteiger partial charge in [0.2, 0.25) is 5.91 Å². The average Bonchev–Trinajstić information content (AvgIpc) is 2.59. The van der Waals surface area contributed by atoms with Crippen molar-refractivity contribution in [2.24, 2.45) is 5.73 Å². The Balaban J connectivity index is 2.38. The zero-order valence-electron chi connectivity index (χ0n) is 16.5. The fourth-order valence-electron chi connectivity index (χ4n) is 2.97. The molecule has 0 bridgehead atoms. The normalized spacial score (nSPS) is 11.8. The third-order valence-electron chi connectivity index (χ3n) is 4.17. The Labute approximate surface area is 166 Å². The lowest BCUT2D eigenvalue weighted by molar-refractivity contribution is -0.137. The number of benzene rings is 1. The second-order valence-electron chi connectivity index (χ2n) is 7.45. The number of alkyl halides is 3. The summed E-state index contributed by atoms with van der Waals surface area (Å²) in [5.41, 5.74) is 4.80. The number of methoxy groups -OCH3 is 1. The van der Waals surface area contributed by atoms with Gasteiger partial charge >= 0.3 is 6.18 Å². The largest absolute Gasteiger partial charge is 0.496 e. The molecule has 0 fully saturated rings. The second kappa shape index (κ2) is 8.10. The molecule has 1 aromatic carbocycles. The summed E-state index contributed by atoms with van der Waals surface area (Å²) in [5, 5.41) is 2.65. The van der Waals surface area contributed by atoms with Crippen LogP contribution in [0, 0.1) is 0 Å². The molecule has 0 aliphatic carbocycles. The van der Waals surface area contributed by atoms with Crippen LogP contribution in [0.3, 0.4) is 0 Å². The van der Waals surface area contributed by atoms with Gasteiger partial charge in [-0.3, -0.25) is 14.6 Å². The van der Waals surface area contributed by atoms with E-state index in [1.54, 1.807) is 0 Å². The molecule has 2 aromatic rings. The Morgan fingerprint density at radius 1 is 1.17 bits per heavy atom. The first kappa shape index (κ1) is 22.2. The fourth-order valence-corrected chi connectivity index (χ4v) is 2.97. The summed E-state index contributed by atoms with van der Waals surface area (Å²) in [6, 6.07) is 4.45. The third kappa shape index (κ3) is 5.24. The van der Waals surface area contributed by atoms with Crippen molar-refractivity contribution in [2.75, 3.05) is 12.4 Å². The van der Waals surface area contributed by atoms with Crippen LogP contribution < -0.4 is 15.8 Å². The van der Waals surface area contributed by atoms with E-state index >= 15 is 0 Å². The SMILES string of the molecule is COc1ccc(C(F)(F)F)cc1CC(=O)Nc1ccnc(C(N)=O)c1C(C)(C)C. The highest BCUT2D eigenvalue weighted by molar-refractivity contribution is 5.98. The van der Waals surface area contributed by atoms with E-state index in [0.29, 0.717) is 11.3 Å². The zero-order valence-corrected chi connectivity index (χ0v) is 16.5. The Morgan fingerprint density at radius 3 is 2.34 bits per heavy atom. The molecule has 3 N–H and O–H groups in total. The number of hydrogen-bond donors (Lipinski definition) is 2. The number of carbonyl (C=O) groups excluding carboxylic acids is 2. The summed E-state index contributed by atoms with van der Waals surface area (Å²) < 4.78 is 44.1. The first-order chi connectivity index (χ1) is 13.3. The van der Waals surface area contributed by atoms with Gasteiger partial charge in [0.25, 0.3) is 5.91 Å². The maximum Gasteiger partial charge on any atom is 0.416 e. The number of nitrogens with one attached hydrogen (secondary N) is 1. The van der Waals surface area contributed by atoms with Crippen LogP contribution in [0.4, 0.5) is 18.9 Å². The monoisotopic (exact) mass is 409 g/mol. The molecule has 6 nitrogen and oxygen atoms in total. The number of amides is 2. The lowest BCUT2D eigenvalue weighted by Gasteiger charge is -2.24. The molecule has 0 spiro atoms. The molecule has 1 heterocycles. The summed E-state index contributed by atoms with van der Waals surface area (Å²) in [7, 11) is 1.31. The maximum atomic E-state index is 13.0. The van der Waals surface area contributed by atoms with Crippen LogP contribution in [0.1, 0.15) is 48.0 Å². The van der Waals surface area contributed by atoms with E-state index in [9.17, 15) is 22.8 Å². The molecule has 2 amide bonds. The summed E-state index contributed by atoms with van der Waals surface area (Å²) in [6.45, 7) is 5.46. The summed E-state index contributed by atoms with van der Waals surface area (Å²) >= 11 is 0. The van der Waals surface area contributed by atoms with Gasteiger partial charge in [0.15, 0.2) is 0 Å². The highest BCUT2D eigenvalue weighted by Gasteiger charge is 2.31. The maximum absolute atomic E-state index is 13.0. The molecule has 0 saturated carbocycles. The van der Waals surface area contributed by atoms with Gasteiger partial charge in [0, 0.05) is 23.0 Å². The van der Waals surface area contributed by atoms with E-state index in [-0.39, 0.29) is 23.4 Å². The van der Waals surface area contributed by atoms with Crippen LogP contribution in [0.15, 0.2) is 30.5 Å². The number of nitrogens with two attached hydrogens (primary N) is 1. The number of pyridine rings is 1. The van der Waals surface area contributed by atoms with Crippen LogP contribution in [-0.2, 0) is 22.8 Å². The van der Waals surface area contributed by atoms with Crippen LogP contribution in [0.25, 0.3) is 0 Å². The highest BCUT2D eigenvalue weighted by atomic mass is 19.4. The third-order valence-corrected chi connectivity index (χ3v) is 4.17. The number of primary amides is 1. The van der Waals surface area contributed by atoms with Crippen molar-refractivity contribution in [2.45, 2.75) is 38.8 Å². The van der Waals surface area contributed by atoms with Gasteiger partial charge in [-0.25, -0.2) is 0 Å². The molecule has 2 rings (SSSR count). The van der Waals surface area contributed by atoms with E-state index in [0.717, 1.165) is 12.1 Å². The molecule has 0 radical (unpaired) electrons. The predicted molar refractivity (Wildman–Crippen MR) is 102 cm³/mol. The smallest absolute Gasteiger partial charge is 0.416 e. The molecule has 156 valence electrons. The number of carbonyl (C=O) groups is 2. The number of halogens is 3. The van der Waals surface area contributed by atoms with E-state index in [1.807, 2.05) is 20.8 Å². The predicted octanol–water partition coefficient (Wildman–Crippen LogP) is 3.69. The first-order valence-electron chi connectivity index (χ1n) is 8.68. The van der Waals surface area contributed by atoms with Gasteiger partial charge in [-0.15, -0.1) is 0 Å². The average molecular weight is 409 g/mol. The van der Waals surface area contributed by atoms with E-state index in [2.05, 4.69) is 10.3 Å². The molecular weight excluding hydrogens is 387 g/mol. The van der Waals surface area contributed by atoms with Crippen molar-refractivity contribution in [3.05, 3.63) is 52.8 Å². The van der Waals surface area contributed by atoms with Crippen LogP contribution in [-0.4, -0.2) is 23.9 Å². The number of aromatic nitrogens is 1. The van der Waals surface area contributed by atoms with Crippen molar-refractivity contribution < 1.29 is 27.5 Å². The summed E-state index contributed by atoms with van der Waals surface area (Å²) in [6.07, 6.45) is -3.57. The van der Waals surface area contributed by atoms with E-state index < -0.39 is 29.0 Å². The Bertz CT molecular complexity index is 935. The van der Waals surface area contributed by atoms with Crippen molar-refractivity contribution in [1.29, 1.82) is 0 Å². The number of anilines is 1. The first-order valence-corrected chi connectivity index (χ1v) is 8.68. The minimum Gasteiger partial charge on any atom is -0.496 e. The lowest BCUT2D eigenvalue weighted by Crippen LogP contribution is -2.26. The quantitative estimate of drug-likeness (QED) is 0.788. The van der Waals surface area contributed by atoms with Gasteiger partial charge in [0.1, 0.15) is 11.4 Å². The summed E-state index contributed by atoms with van der Waals surface area (Å²) in [5.74, 6) is -1.16. The van der Waals surface area contributed by atoms with Gasteiger partial charge in [-0.05, 0) is 29.7 Å². The molecule has 9 heteroatoms. The van der Waals surface area contributed by atoms with Crippen molar-refractivity contribution in [3.63, 3.8) is 0 Å². The van der Waals surface area contributed by atoms with Crippen molar-refractivity contribution >= 4 is 17.5 Å². The topological polar surface area (TPSA) is 94.3 Å². The minimum atomic E-state index is -4.54. The zero-order chi connectivity index (χ0) is 22.0. The van der Waals surface area contributed by atoms with E-state index in [4.69, 9.17) is 10.5 Å². The van der Waals surface area contributed by atoms with Crippen molar-refractivity contribution in [1.82, 2.24) is 4.98 Å². The second-order valence-corrected chi connectivity index (χ2v) is 7.45.